The Bertz CT molecular complexity index is 1000. The normalized spacial score (nSPS) is 21.1. The molecule has 8 nitrogen and oxygen atoms in total. The van der Waals surface area contributed by atoms with Gasteiger partial charge in [-0.2, -0.15) is 0 Å². The lowest BCUT2D eigenvalue weighted by atomic mass is 10.0. The van der Waals surface area contributed by atoms with E-state index in [9.17, 15) is 14.4 Å². The average Bonchev–Trinajstić information content (AvgIpc) is 3.24. The maximum atomic E-state index is 13.0. The highest BCUT2D eigenvalue weighted by molar-refractivity contribution is 5.96. The molecule has 8 heteroatoms. The van der Waals surface area contributed by atoms with E-state index in [1.807, 2.05) is 4.90 Å². The molecule has 0 aliphatic carbocycles. The summed E-state index contributed by atoms with van der Waals surface area (Å²) < 4.78 is 2.37. The van der Waals surface area contributed by atoms with E-state index in [1.54, 1.807) is 13.1 Å². The fraction of sp³-hybridized carbons (Fsp3) is 0.579. The zero-order chi connectivity index (χ0) is 19.1. The molecule has 0 saturated carbocycles. The van der Waals surface area contributed by atoms with Gasteiger partial charge in [0.25, 0.3) is 11.5 Å². The minimum absolute atomic E-state index is 0.0933. The number of aromatic nitrogens is 3. The number of likely N-dealkylation sites (tertiary alicyclic amines) is 2. The first-order valence-corrected chi connectivity index (χ1v) is 9.56. The summed E-state index contributed by atoms with van der Waals surface area (Å²) in [6.07, 6.45) is 6.07. The molecular formula is C19H25N5O3. The van der Waals surface area contributed by atoms with E-state index in [0.717, 1.165) is 43.6 Å². The van der Waals surface area contributed by atoms with Crippen LogP contribution in [-0.4, -0.2) is 62.0 Å². The molecule has 2 aliphatic rings. The summed E-state index contributed by atoms with van der Waals surface area (Å²) >= 11 is 0. The Labute approximate surface area is 157 Å². The van der Waals surface area contributed by atoms with E-state index < -0.39 is 11.2 Å². The third-order valence-electron chi connectivity index (χ3n) is 5.88. The van der Waals surface area contributed by atoms with Gasteiger partial charge in [-0.3, -0.25) is 23.6 Å². The third kappa shape index (κ3) is 3.07. The number of amides is 1. The first-order chi connectivity index (χ1) is 13.0. The Morgan fingerprint density at radius 3 is 2.56 bits per heavy atom. The second kappa shape index (κ2) is 6.92. The third-order valence-corrected chi connectivity index (χ3v) is 5.88. The first-order valence-electron chi connectivity index (χ1n) is 9.56. The van der Waals surface area contributed by atoms with E-state index in [-0.39, 0.29) is 5.91 Å². The van der Waals surface area contributed by atoms with Crippen LogP contribution in [0.1, 0.15) is 36.0 Å². The van der Waals surface area contributed by atoms with Crippen LogP contribution in [0.25, 0.3) is 11.0 Å². The van der Waals surface area contributed by atoms with Gasteiger partial charge in [0.15, 0.2) is 0 Å². The molecule has 144 valence electrons. The predicted molar refractivity (Wildman–Crippen MR) is 102 cm³/mol. The number of hydrogen-bond acceptors (Lipinski definition) is 5. The molecule has 1 amide bonds. The zero-order valence-electron chi connectivity index (χ0n) is 15.8. The number of pyridine rings is 1. The molecule has 2 aromatic heterocycles. The summed E-state index contributed by atoms with van der Waals surface area (Å²) in [5, 5.41) is 0.290. The lowest BCUT2D eigenvalue weighted by molar-refractivity contribution is 0.0607. The van der Waals surface area contributed by atoms with E-state index in [0.29, 0.717) is 22.6 Å². The summed E-state index contributed by atoms with van der Waals surface area (Å²) in [6, 6.07) is 2.00. The monoisotopic (exact) mass is 371 g/mol. The van der Waals surface area contributed by atoms with Crippen LogP contribution in [0.2, 0.25) is 0 Å². The lowest BCUT2D eigenvalue weighted by Gasteiger charge is -2.37. The molecule has 4 rings (SSSR count). The van der Waals surface area contributed by atoms with Crippen molar-refractivity contribution in [2.24, 2.45) is 14.1 Å². The highest BCUT2D eigenvalue weighted by atomic mass is 16.2. The number of hydrogen-bond donors (Lipinski definition) is 0. The molecule has 0 radical (unpaired) electrons. The van der Waals surface area contributed by atoms with E-state index in [1.165, 1.54) is 30.7 Å². The summed E-state index contributed by atoms with van der Waals surface area (Å²) in [5.74, 6) is -0.0933. The average molecular weight is 371 g/mol. The van der Waals surface area contributed by atoms with E-state index >= 15 is 0 Å². The molecule has 2 saturated heterocycles. The molecule has 2 aliphatic heterocycles. The molecule has 0 spiro atoms. The van der Waals surface area contributed by atoms with Gasteiger partial charge in [0.1, 0.15) is 5.65 Å². The van der Waals surface area contributed by atoms with Gasteiger partial charge in [0, 0.05) is 39.4 Å². The van der Waals surface area contributed by atoms with Gasteiger partial charge >= 0.3 is 5.69 Å². The van der Waals surface area contributed by atoms with Gasteiger partial charge in [-0.1, -0.05) is 0 Å². The van der Waals surface area contributed by atoms with Crippen LogP contribution in [0.3, 0.4) is 0 Å². The Hall–Kier alpha value is -2.48. The van der Waals surface area contributed by atoms with Crippen molar-refractivity contribution in [2.45, 2.75) is 31.7 Å². The van der Waals surface area contributed by atoms with Crippen LogP contribution in [0.4, 0.5) is 0 Å². The van der Waals surface area contributed by atoms with Crippen LogP contribution in [0.5, 0.6) is 0 Å². The summed E-state index contributed by atoms with van der Waals surface area (Å²) in [6.45, 7) is 3.69. The zero-order valence-corrected chi connectivity index (χ0v) is 15.8. The highest BCUT2D eigenvalue weighted by Gasteiger charge is 2.30. The van der Waals surface area contributed by atoms with Crippen molar-refractivity contribution in [1.29, 1.82) is 0 Å². The van der Waals surface area contributed by atoms with Crippen LogP contribution < -0.4 is 11.2 Å². The maximum Gasteiger partial charge on any atom is 0.332 e. The second-order valence-electron chi connectivity index (χ2n) is 7.59. The summed E-state index contributed by atoms with van der Waals surface area (Å²) in [5.41, 5.74) is -0.152. The van der Waals surface area contributed by atoms with Gasteiger partial charge in [-0.15, -0.1) is 0 Å². The Balaban J connectivity index is 1.64. The van der Waals surface area contributed by atoms with Crippen molar-refractivity contribution in [3.8, 4) is 0 Å². The molecule has 2 aromatic rings. The van der Waals surface area contributed by atoms with Gasteiger partial charge in [0.2, 0.25) is 0 Å². The smallest absolute Gasteiger partial charge is 0.332 e. The Morgan fingerprint density at radius 2 is 1.81 bits per heavy atom. The quantitative estimate of drug-likeness (QED) is 0.760. The predicted octanol–water partition coefficient (Wildman–Crippen LogP) is 0.333. The Morgan fingerprint density at radius 1 is 1.07 bits per heavy atom. The number of aryl methyl sites for hydroxylation is 1. The van der Waals surface area contributed by atoms with Crippen molar-refractivity contribution in [1.82, 2.24) is 23.9 Å². The number of carbonyl (C=O) groups excluding carboxylic acids is 1. The lowest BCUT2D eigenvalue weighted by Crippen LogP contribution is -2.49. The standard InChI is InChI=1S/C19H25N5O3/c1-21-16-15(18(26)22(2)19(21)27)10-13(11-20-16)17(25)24-9-5-6-14(12-24)23-7-3-4-8-23/h10-11,14H,3-9,12H2,1-2H3. The fourth-order valence-corrected chi connectivity index (χ4v) is 4.31. The summed E-state index contributed by atoms with van der Waals surface area (Å²) in [7, 11) is 3.01. The molecule has 1 atom stereocenters. The van der Waals surface area contributed by atoms with Gasteiger partial charge in [-0.05, 0) is 44.8 Å². The minimum atomic E-state index is -0.427. The van der Waals surface area contributed by atoms with Crippen molar-refractivity contribution in [2.75, 3.05) is 26.2 Å². The molecule has 1 unspecified atom stereocenters. The van der Waals surface area contributed by atoms with Crippen LogP contribution in [0, 0.1) is 0 Å². The molecule has 2 fully saturated rings. The number of nitrogens with zero attached hydrogens (tertiary/aromatic N) is 5. The second-order valence-corrected chi connectivity index (χ2v) is 7.59. The Kier molecular flexibility index (Phi) is 4.59. The van der Waals surface area contributed by atoms with Gasteiger partial charge in [0.05, 0.1) is 10.9 Å². The first kappa shape index (κ1) is 17.9. The van der Waals surface area contributed by atoms with Crippen LogP contribution in [-0.2, 0) is 14.1 Å². The minimum Gasteiger partial charge on any atom is -0.337 e. The van der Waals surface area contributed by atoms with Crippen molar-refractivity contribution >= 4 is 16.9 Å². The topological polar surface area (TPSA) is 80.4 Å². The summed E-state index contributed by atoms with van der Waals surface area (Å²) in [4.78, 5) is 46.2. The molecule has 0 bridgehead atoms. The molecule has 27 heavy (non-hydrogen) atoms. The van der Waals surface area contributed by atoms with E-state index in [4.69, 9.17) is 0 Å². The van der Waals surface area contributed by atoms with Crippen molar-refractivity contribution in [3.63, 3.8) is 0 Å². The number of piperidine rings is 1. The number of carbonyl (C=O) groups is 1. The molecule has 0 aromatic carbocycles. The van der Waals surface area contributed by atoms with Gasteiger partial charge in [-0.25, -0.2) is 9.78 Å². The maximum absolute atomic E-state index is 13.0. The highest BCUT2D eigenvalue weighted by Crippen LogP contribution is 2.22. The molecule has 4 heterocycles. The van der Waals surface area contributed by atoms with Crippen LogP contribution in [0.15, 0.2) is 21.9 Å². The van der Waals surface area contributed by atoms with Crippen LogP contribution >= 0.6 is 0 Å². The van der Waals surface area contributed by atoms with Crippen molar-refractivity contribution < 1.29 is 4.79 Å². The molecular weight excluding hydrogens is 346 g/mol. The number of rotatable bonds is 2. The number of fused-ring (bicyclic) bond motifs is 1. The fourth-order valence-electron chi connectivity index (χ4n) is 4.31. The largest absolute Gasteiger partial charge is 0.337 e. The van der Waals surface area contributed by atoms with Crippen molar-refractivity contribution in [3.05, 3.63) is 38.7 Å². The van der Waals surface area contributed by atoms with E-state index in [2.05, 4.69) is 9.88 Å². The van der Waals surface area contributed by atoms with Gasteiger partial charge < -0.3 is 4.90 Å². The SMILES string of the molecule is Cn1c(=O)c2cc(C(=O)N3CCCC(N4CCCC4)C3)cnc2n(C)c1=O. The molecule has 0 N–H and O–H groups in total.